The number of nitrogens with one attached hydrogen (secondary N) is 2. The molecule has 0 unspecified atom stereocenters. The Hall–Kier alpha value is -4.68. The first kappa shape index (κ1) is 39.8. The number of aromatic nitrogens is 1. The molecule has 0 bridgehead atoms. The number of carbonyl (C=O) groups excluding carboxylic acids is 1. The topological polar surface area (TPSA) is 196 Å². The van der Waals surface area contributed by atoms with Crippen LogP contribution in [0, 0.1) is 0 Å². The number of anilines is 1. The fraction of sp³-hybridized carbons (Fsp3) is 0.438. The van der Waals surface area contributed by atoms with Crippen LogP contribution in [0.5, 0.6) is 5.88 Å². The summed E-state index contributed by atoms with van der Waals surface area (Å²) in [6.07, 6.45) is -1.61. The minimum absolute atomic E-state index is 0.00109. The second-order valence-electron chi connectivity index (χ2n) is 11.3. The van der Waals surface area contributed by atoms with Crippen LogP contribution < -0.4 is 10.2 Å². The third kappa shape index (κ3) is 10.9. The molecule has 1 aromatic heterocycles. The zero-order valence-corrected chi connectivity index (χ0v) is 28.4. The van der Waals surface area contributed by atoms with Gasteiger partial charge in [0.25, 0.3) is 0 Å². The molecule has 2 heterocycles. The number of aromatic amines is 1. The molecule has 0 atom stereocenters. The van der Waals surface area contributed by atoms with Crippen LogP contribution in [0.2, 0.25) is 0 Å². The van der Waals surface area contributed by atoms with Crippen molar-refractivity contribution in [1.82, 2.24) is 19.5 Å². The lowest BCUT2D eigenvalue weighted by Gasteiger charge is -2.30. The predicted molar refractivity (Wildman–Crippen MR) is 181 cm³/mol. The number of likely N-dealkylation sites (N-methyl/N-ethyl adjacent to an activating group) is 2. The molecule has 18 heteroatoms. The smallest absolute Gasteiger partial charge is 0.490 e. The quantitative estimate of drug-likeness (QED) is 0.121. The molecule has 1 fully saturated rings. The number of rotatable bonds is 14. The maximum atomic E-state index is 13.4. The van der Waals surface area contributed by atoms with E-state index in [4.69, 9.17) is 15.0 Å². The first-order chi connectivity index (χ1) is 23.6. The summed E-state index contributed by atoms with van der Waals surface area (Å²) in [5.41, 5.74) is 2.66. The van der Waals surface area contributed by atoms with Crippen LogP contribution in [0.1, 0.15) is 38.2 Å². The Morgan fingerprint density at radius 2 is 1.70 bits per heavy atom. The maximum absolute atomic E-state index is 13.4. The molecule has 0 saturated carbocycles. The number of carboxylic acid groups (broad SMARTS) is 2. The number of nitrogens with zero attached hydrogens (tertiary/aromatic N) is 4. The lowest BCUT2D eigenvalue weighted by atomic mass is 10.1. The number of fused-ring (bicyclic) bond motifs is 1. The Kier molecular flexibility index (Phi) is 14.2. The molecule has 0 radical (unpaired) electrons. The van der Waals surface area contributed by atoms with Crippen molar-refractivity contribution in [3.8, 4) is 5.88 Å². The first-order valence-corrected chi connectivity index (χ1v) is 17.2. The van der Waals surface area contributed by atoms with Gasteiger partial charge >= 0.3 is 18.1 Å². The number of hydrogen-bond acceptors (Lipinski definition) is 9. The lowest BCUT2D eigenvalue weighted by Crippen LogP contribution is -2.43. The van der Waals surface area contributed by atoms with Crippen molar-refractivity contribution in [3.05, 3.63) is 48.0 Å². The molecule has 3 aromatic rings. The van der Waals surface area contributed by atoms with E-state index in [1.807, 2.05) is 25.1 Å². The number of halogens is 3. The number of H-pyrrole nitrogens is 1. The number of carboxylic acids is 2. The van der Waals surface area contributed by atoms with Crippen LogP contribution in [0.4, 0.5) is 24.5 Å². The van der Waals surface area contributed by atoms with Crippen LogP contribution in [0.15, 0.2) is 52.4 Å². The van der Waals surface area contributed by atoms with E-state index < -0.39 is 28.1 Å². The number of hydrogen-bond donors (Lipinski definition) is 5. The highest BCUT2D eigenvalue weighted by molar-refractivity contribution is 7.89. The monoisotopic (exact) mass is 726 g/mol. The van der Waals surface area contributed by atoms with E-state index in [0.717, 1.165) is 47.1 Å². The summed E-state index contributed by atoms with van der Waals surface area (Å²) in [4.78, 5) is 43.8. The Morgan fingerprint density at radius 3 is 2.32 bits per heavy atom. The molecule has 274 valence electrons. The van der Waals surface area contributed by atoms with Crippen molar-refractivity contribution < 1.29 is 51.3 Å². The van der Waals surface area contributed by atoms with Gasteiger partial charge in [-0.2, -0.15) is 17.5 Å². The molecule has 1 aliphatic heterocycles. The highest BCUT2D eigenvalue weighted by Crippen LogP contribution is 2.34. The zero-order valence-electron chi connectivity index (χ0n) is 27.6. The van der Waals surface area contributed by atoms with Crippen LogP contribution in [-0.2, 0) is 24.4 Å². The largest absolute Gasteiger partial charge is 0.494 e. The first-order valence-electron chi connectivity index (χ1n) is 15.8. The number of aliphatic carboxylic acids is 2. The molecule has 0 spiro atoms. The second-order valence-corrected chi connectivity index (χ2v) is 13.4. The number of amides is 1. The van der Waals surface area contributed by atoms with E-state index >= 15 is 0 Å². The SMILES string of the molecule is CCN(CCCCCC(=O)O)C(=O)CN(C)S(=O)(=O)c1cccc(N=Cc2c(O)[nH]c3cccc(N4CCNCC4)c23)c1.O=C(O)C(F)(F)F. The molecule has 1 aliphatic rings. The Bertz CT molecular complexity index is 1770. The van der Waals surface area contributed by atoms with Gasteiger partial charge in [0.15, 0.2) is 5.88 Å². The highest BCUT2D eigenvalue weighted by Gasteiger charge is 2.38. The number of benzene rings is 2. The van der Waals surface area contributed by atoms with Crippen molar-refractivity contribution in [3.63, 3.8) is 0 Å². The highest BCUT2D eigenvalue weighted by atomic mass is 32.2. The third-order valence-electron chi connectivity index (χ3n) is 7.80. The summed E-state index contributed by atoms with van der Waals surface area (Å²) in [5.74, 6) is -3.95. The Labute approximate surface area is 287 Å². The van der Waals surface area contributed by atoms with Crippen LogP contribution >= 0.6 is 0 Å². The molecule has 1 saturated heterocycles. The minimum Gasteiger partial charge on any atom is -0.494 e. The number of unbranched alkanes of at least 4 members (excludes halogenated alkanes) is 2. The minimum atomic E-state index is -5.08. The van der Waals surface area contributed by atoms with Gasteiger partial charge in [0, 0.05) is 70.0 Å². The van der Waals surface area contributed by atoms with E-state index in [2.05, 4.69) is 20.2 Å². The number of piperazine rings is 1. The summed E-state index contributed by atoms with van der Waals surface area (Å²) in [7, 11) is -2.63. The van der Waals surface area contributed by atoms with Gasteiger partial charge in [0.2, 0.25) is 15.9 Å². The number of alkyl halides is 3. The summed E-state index contributed by atoms with van der Waals surface area (Å²) in [6, 6.07) is 12.0. The Balaban J connectivity index is 0.000000872. The van der Waals surface area contributed by atoms with Gasteiger partial charge in [-0.1, -0.05) is 18.6 Å². The van der Waals surface area contributed by atoms with E-state index in [0.29, 0.717) is 43.6 Å². The molecule has 2 aromatic carbocycles. The summed E-state index contributed by atoms with van der Waals surface area (Å²) in [6.45, 7) is 5.75. The fourth-order valence-corrected chi connectivity index (χ4v) is 6.33. The van der Waals surface area contributed by atoms with Crippen molar-refractivity contribution >= 4 is 56.4 Å². The molecule has 50 heavy (non-hydrogen) atoms. The van der Waals surface area contributed by atoms with Crippen LogP contribution in [0.3, 0.4) is 0 Å². The van der Waals surface area contributed by atoms with Crippen molar-refractivity contribution in [1.29, 1.82) is 0 Å². The van der Waals surface area contributed by atoms with E-state index in [1.165, 1.54) is 25.4 Å². The average Bonchev–Trinajstić information content (AvgIpc) is 3.40. The van der Waals surface area contributed by atoms with Gasteiger partial charge in [-0.15, -0.1) is 0 Å². The van der Waals surface area contributed by atoms with Crippen molar-refractivity contribution in [2.45, 2.75) is 43.7 Å². The van der Waals surface area contributed by atoms with Gasteiger partial charge in [-0.25, -0.2) is 13.2 Å². The average molecular weight is 727 g/mol. The molecule has 0 aliphatic carbocycles. The molecular formula is C32H41F3N6O8S. The second kappa shape index (κ2) is 17.8. The van der Waals surface area contributed by atoms with E-state index in [-0.39, 0.29) is 29.6 Å². The normalized spacial score (nSPS) is 13.8. The van der Waals surface area contributed by atoms with Gasteiger partial charge in [-0.05, 0) is 50.1 Å². The predicted octanol–water partition coefficient (Wildman–Crippen LogP) is 3.78. The van der Waals surface area contributed by atoms with Crippen molar-refractivity contribution in [2.75, 3.05) is 57.8 Å². The van der Waals surface area contributed by atoms with Gasteiger partial charge in [0.1, 0.15) is 0 Å². The van der Waals surface area contributed by atoms with Crippen LogP contribution in [0.25, 0.3) is 10.9 Å². The molecule has 5 N–H and O–H groups in total. The molecule has 14 nitrogen and oxygen atoms in total. The maximum Gasteiger partial charge on any atom is 0.490 e. The fourth-order valence-electron chi connectivity index (χ4n) is 5.17. The van der Waals surface area contributed by atoms with Gasteiger partial charge in [-0.3, -0.25) is 14.6 Å². The number of sulfonamides is 1. The number of carbonyl (C=O) groups is 3. The standard InChI is InChI=1S/C30H40N6O6S.C2HF3O2/c1-3-35(16-6-4-5-13-28(38)39)27(37)21-34(2)43(41,42)23-10-7-9-22(19-23)32-20-24-29-25(33-30(24)40)11-8-12-26(29)36-17-14-31-15-18-36;3-2(4,5)1(6)7/h7-12,19-20,31,33,40H,3-6,13-18,21H2,1-2H3,(H,38,39);(H,6,7). The van der Waals surface area contributed by atoms with Crippen molar-refractivity contribution in [2.24, 2.45) is 4.99 Å². The van der Waals surface area contributed by atoms with Gasteiger partial charge in [0.05, 0.1) is 28.2 Å². The van der Waals surface area contributed by atoms with Gasteiger partial charge < -0.3 is 35.4 Å². The molecular weight excluding hydrogens is 685 g/mol. The lowest BCUT2D eigenvalue weighted by molar-refractivity contribution is -0.192. The Morgan fingerprint density at radius 1 is 1.04 bits per heavy atom. The molecule has 4 rings (SSSR count). The van der Waals surface area contributed by atoms with E-state index in [9.17, 15) is 36.3 Å². The third-order valence-corrected chi connectivity index (χ3v) is 9.60. The zero-order chi connectivity index (χ0) is 37.1. The number of aromatic hydroxyl groups is 1. The summed E-state index contributed by atoms with van der Waals surface area (Å²) in [5, 5.41) is 30.8. The summed E-state index contributed by atoms with van der Waals surface area (Å²) < 4.78 is 59.5. The van der Waals surface area contributed by atoms with E-state index in [1.54, 1.807) is 17.0 Å². The molecule has 1 amide bonds. The summed E-state index contributed by atoms with van der Waals surface area (Å²) >= 11 is 0. The van der Waals surface area contributed by atoms with Crippen LogP contribution in [-0.4, -0.2) is 121 Å². The number of aliphatic imine (C=N–C) groups is 1.